The molecule has 4 nitrogen and oxygen atoms in total. The summed E-state index contributed by atoms with van der Waals surface area (Å²) in [7, 11) is 0. The van der Waals surface area contributed by atoms with Crippen molar-refractivity contribution in [1.82, 2.24) is 4.98 Å². The minimum atomic E-state index is -0.587. The Kier molecular flexibility index (Phi) is 5.27. The molecule has 0 radical (unpaired) electrons. The molecule has 0 fully saturated rings. The number of H-pyrrole nitrogens is 1. The molecule has 0 amide bonds. The van der Waals surface area contributed by atoms with Crippen molar-refractivity contribution in [3.05, 3.63) is 46.8 Å². The number of aromatic amines is 1. The molecule has 0 saturated heterocycles. The van der Waals surface area contributed by atoms with Crippen molar-refractivity contribution in [2.24, 2.45) is 0 Å². The SMILES string of the molecule is CCCc1c(C(=O)OC(C)(C)C)[nH]c(C=O)c1-c1cccc(C)c1. The highest BCUT2D eigenvalue weighted by Crippen LogP contribution is 2.32. The lowest BCUT2D eigenvalue weighted by molar-refractivity contribution is 0.00624. The van der Waals surface area contributed by atoms with E-state index in [0.717, 1.165) is 35.0 Å². The number of carbonyl (C=O) groups excluding carboxylic acids is 2. The number of aromatic nitrogens is 1. The van der Waals surface area contributed by atoms with Crippen molar-refractivity contribution in [2.45, 2.75) is 53.1 Å². The van der Waals surface area contributed by atoms with Gasteiger partial charge in [-0.15, -0.1) is 0 Å². The van der Waals surface area contributed by atoms with Crippen molar-refractivity contribution in [3.63, 3.8) is 0 Å². The molecule has 0 unspecified atom stereocenters. The van der Waals surface area contributed by atoms with Gasteiger partial charge < -0.3 is 9.72 Å². The first kappa shape index (κ1) is 18.0. The predicted octanol–water partition coefficient (Wildman–Crippen LogP) is 4.71. The molecule has 1 aromatic carbocycles. The van der Waals surface area contributed by atoms with Crippen molar-refractivity contribution in [1.29, 1.82) is 0 Å². The maximum absolute atomic E-state index is 12.6. The Morgan fingerprint density at radius 2 is 2.00 bits per heavy atom. The Bertz CT molecular complexity index is 751. The smallest absolute Gasteiger partial charge is 0.355 e. The monoisotopic (exact) mass is 327 g/mol. The summed E-state index contributed by atoms with van der Waals surface area (Å²) in [4.78, 5) is 27.1. The number of ether oxygens (including phenoxy) is 1. The molecule has 0 bridgehead atoms. The summed E-state index contributed by atoms with van der Waals surface area (Å²) in [5, 5.41) is 0. The molecule has 0 aliphatic carbocycles. The van der Waals surface area contributed by atoms with E-state index in [9.17, 15) is 9.59 Å². The van der Waals surface area contributed by atoms with E-state index in [1.54, 1.807) is 0 Å². The molecule has 0 aliphatic heterocycles. The van der Waals surface area contributed by atoms with Gasteiger partial charge in [0.2, 0.25) is 0 Å². The van der Waals surface area contributed by atoms with Crippen molar-refractivity contribution in [3.8, 4) is 11.1 Å². The van der Waals surface area contributed by atoms with Crippen LogP contribution in [0.2, 0.25) is 0 Å². The maximum atomic E-state index is 12.6. The van der Waals surface area contributed by atoms with E-state index in [1.165, 1.54) is 0 Å². The summed E-state index contributed by atoms with van der Waals surface area (Å²) in [6.07, 6.45) is 2.33. The minimum absolute atomic E-state index is 0.380. The third-order valence-electron chi connectivity index (χ3n) is 3.66. The van der Waals surface area contributed by atoms with Crippen LogP contribution in [0, 0.1) is 6.92 Å². The third-order valence-corrected chi connectivity index (χ3v) is 3.66. The van der Waals surface area contributed by atoms with Gasteiger partial charge in [-0.1, -0.05) is 43.2 Å². The van der Waals surface area contributed by atoms with Crippen molar-refractivity contribution in [2.75, 3.05) is 0 Å². The van der Waals surface area contributed by atoms with Gasteiger partial charge >= 0.3 is 5.97 Å². The lowest BCUT2D eigenvalue weighted by Gasteiger charge is -2.19. The Labute approximate surface area is 143 Å². The first-order chi connectivity index (χ1) is 11.3. The summed E-state index contributed by atoms with van der Waals surface area (Å²) >= 11 is 0. The van der Waals surface area contributed by atoms with E-state index in [0.29, 0.717) is 17.8 Å². The van der Waals surface area contributed by atoms with Crippen LogP contribution in [-0.2, 0) is 11.2 Å². The van der Waals surface area contributed by atoms with Crippen molar-refractivity contribution >= 4 is 12.3 Å². The molecule has 0 atom stereocenters. The van der Waals surface area contributed by atoms with Crippen LogP contribution in [0.5, 0.6) is 0 Å². The molecule has 0 saturated carbocycles. The first-order valence-corrected chi connectivity index (χ1v) is 8.27. The van der Waals surface area contributed by atoms with Crippen LogP contribution in [0.25, 0.3) is 11.1 Å². The molecule has 128 valence electrons. The van der Waals surface area contributed by atoms with E-state index in [2.05, 4.69) is 4.98 Å². The number of esters is 1. The predicted molar refractivity (Wildman–Crippen MR) is 95.5 cm³/mol. The fourth-order valence-corrected chi connectivity index (χ4v) is 2.78. The molecular formula is C20H25NO3. The molecule has 24 heavy (non-hydrogen) atoms. The lowest BCUT2D eigenvalue weighted by atomic mass is 9.96. The molecule has 1 aromatic heterocycles. The van der Waals surface area contributed by atoms with Crippen LogP contribution in [0.1, 0.15) is 66.2 Å². The van der Waals surface area contributed by atoms with E-state index in [1.807, 2.05) is 58.9 Å². The third kappa shape index (κ3) is 3.94. The van der Waals surface area contributed by atoms with Crippen LogP contribution in [0.3, 0.4) is 0 Å². The minimum Gasteiger partial charge on any atom is -0.455 e. The average Bonchev–Trinajstić information content (AvgIpc) is 2.84. The van der Waals surface area contributed by atoms with Crippen LogP contribution < -0.4 is 0 Å². The molecule has 1 N–H and O–H groups in total. The van der Waals surface area contributed by atoms with E-state index in [4.69, 9.17) is 4.74 Å². The summed E-state index contributed by atoms with van der Waals surface area (Å²) in [5.41, 5.74) is 3.90. The van der Waals surface area contributed by atoms with E-state index in [-0.39, 0.29) is 0 Å². The fraction of sp³-hybridized carbons (Fsp3) is 0.400. The zero-order valence-corrected chi connectivity index (χ0v) is 15.0. The van der Waals surface area contributed by atoms with Gasteiger partial charge in [0.05, 0.1) is 5.69 Å². The van der Waals surface area contributed by atoms with E-state index >= 15 is 0 Å². The van der Waals surface area contributed by atoms with Crippen LogP contribution in [-0.4, -0.2) is 22.8 Å². The molecule has 0 aliphatic rings. The highest BCUT2D eigenvalue weighted by atomic mass is 16.6. The second kappa shape index (κ2) is 7.04. The summed E-state index contributed by atoms with van der Waals surface area (Å²) in [6, 6.07) is 7.94. The molecule has 1 heterocycles. The van der Waals surface area contributed by atoms with Gasteiger partial charge in [0, 0.05) is 5.56 Å². The first-order valence-electron chi connectivity index (χ1n) is 8.27. The van der Waals surface area contributed by atoms with Gasteiger partial charge in [0.1, 0.15) is 11.3 Å². The summed E-state index contributed by atoms with van der Waals surface area (Å²) < 4.78 is 5.50. The zero-order chi connectivity index (χ0) is 17.9. The van der Waals surface area contributed by atoms with Gasteiger partial charge in [-0.25, -0.2) is 4.79 Å². The summed E-state index contributed by atoms with van der Waals surface area (Å²) in [5.74, 6) is -0.423. The standard InChI is InChI=1S/C20H25NO3/c1-6-8-15-17(14-10-7-9-13(2)11-14)16(12-22)21-18(15)19(23)24-20(3,4)5/h7,9-12,21H,6,8H2,1-5H3. The highest BCUT2D eigenvalue weighted by molar-refractivity contribution is 5.97. The van der Waals surface area contributed by atoms with Gasteiger partial charge in [-0.3, -0.25) is 4.79 Å². The van der Waals surface area contributed by atoms with Crippen molar-refractivity contribution < 1.29 is 14.3 Å². The molecule has 2 rings (SSSR count). The lowest BCUT2D eigenvalue weighted by Crippen LogP contribution is -2.24. The fourth-order valence-electron chi connectivity index (χ4n) is 2.78. The number of nitrogens with one attached hydrogen (secondary N) is 1. The highest BCUT2D eigenvalue weighted by Gasteiger charge is 2.26. The number of benzene rings is 1. The maximum Gasteiger partial charge on any atom is 0.355 e. The van der Waals surface area contributed by atoms with Gasteiger partial charge in [0.25, 0.3) is 0 Å². The number of aldehydes is 1. The van der Waals surface area contributed by atoms with E-state index < -0.39 is 11.6 Å². The van der Waals surface area contributed by atoms with Crippen LogP contribution >= 0.6 is 0 Å². The molecule has 2 aromatic rings. The van der Waals surface area contributed by atoms with Crippen LogP contribution in [0.4, 0.5) is 0 Å². The van der Waals surface area contributed by atoms with Gasteiger partial charge in [-0.05, 0) is 45.2 Å². The molecule has 4 heteroatoms. The van der Waals surface area contributed by atoms with Gasteiger partial charge in [-0.2, -0.15) is 0 Å². The Morgan fingerprint density at radius 3 is 2.54 bits per heavy atom. The second-order valence-electron chi connectivity index (χ2n) is 7.01. The largest absolute Gasteiger partial charge is 0.455 e. The Morgan fingerprint density at radius 1 is 1.29 bits per heavy atom. The number of hydrogen-bond acceptors (Lipinski definition) is 3. The van der Waals surface area contributed by atoms with Crippen LogP contribution in [0.15, 0.2) is 24.3 Å². The quantitative estimate of drug-likeness (QED) is 0.639. The molecular weight excluding hydrogens is 302 g/mol. The second-order valence-corrected chi connectivity index (χ2v) is 7.01. The van der Waals surface area contributed by atoms with Gasteiger partial charge in [0.15, 0.2) is 6.29 Å². The Hall–Kier alpha value is -2.36. The molecule has 0 spiro atoms. The average molecular weight is 327 g/mol. The topological polar surface area (TPSA) is 59.2 Å². The number of aryl methyl sites for hydroxylation is 1. The zero-order valence-electron chi connectivity index (χ0n) is 15.0. The number of carbonyl (C=O) groups is 2. The Balaban J connectivity index is 2.62. The number of rotatable bonds is 5. The normalized spacial score (nSPS) is 11.4. The number of hydrogen-bond donors (Lipinski definition) is 1. The summed E-state index contributed by atoms with van der Waals surface area (Å²) in [6.45, 7) is 9.54.